The molecule has 0 aromatic carbocycles. The second-order valence-corrected chi connectivity index (χ2v) is 1.73. The van der Waals surface area contributed by atoms with Crippen LogP contribution < -0.4 is 10.9 Å². The van der Waals surface area contributed by atoms with Crippen molar-refractivity contribution in [2.75, 3.05) is 5.32 Å². The Morgan fingerprint density at radius 2 is 2.45 bits per heavy atom. The van der Waals surface area contributed by atoms with Gasteiger partial charge in [-0.15, -0.1) is 0 Å². The minimum absolute atomic E-state index is 0.0698. The second kappa shape index (κ2) is 2.82. The van der Waals surface area contributed by atoms with E-state index in [1.165, 1.54) is 0 Å². The van der Waals surface area contributed by atoms with Crippen LogP contribution in [0.25, 0.3) is 0 Å². The van der Waals surface area contributed by atoms with Crippen LogP contribution in [0.5, 0.6) is 5.75 Å². The molecule has 0 saturated carbocycles. The monoisotopic (exact) mass is 155 g/mol. The summed E-state index contributed by atoms with van der Waals surface area (Å²) < 4.78 is 0. The van der Waals surface area contributed by atoms with Crippen LogP contribution in [0.3, 0.4) is 0 Å². The van der Waals surface area contributed by atoms with E-state index in [1.807, 2.05) is 5.10 Å². The molecule has 0 fully saturated rings. The van der Waals surface area contributed by atoms with E-state index < -0.39 is 5.56 Å². The van der Waals surface area contributed by atoms with E-state index in [9.17, 15) is 9.59 Å². The molecule has 0 aliphatic rings. The third-order valence-corrected chi connectivity index (χ3v) is 0.984. The van der Waals surface area contributed by atoms with Gasteiger partial charge in [0.1, 0.15) is 0 Å². The SMILES string of the molecule is O=CNc1n[nH]c(=O)cc1O. The molecule has 0 aliphatic carbocycles. The van der Waals surface area contributed by atoms with Crippen LogP contribution in [0, 0.1) is 0 Å². The van der Waals surface area contributed by atoms with Crippen molar-refractivity contribution in [2.24, 2.45) is 0 Å². The van der Waals surface area contributed by atoms with Crippen LogP contribution >= 0.6 is 0 Å². The normalized spacial score (nSPS) is 9.09. The Morgan fingerprint density at radius 3 is 3.00 bits per heavy atom. The lowest BCUT2D eigenvalue weighted by Crippen LogP contribution is -2.08. The molecule has 0 unspecified atom stereocenters. The van der Waals surface area contributed by atoms with Crippen molar-refractivity contribution in [2.45, 2.75) is 0 Å². The Hall–Kier alpha value is -1.85. The highest BCUT2D eigenvalue weighted by molar-refractivity contribution is 5.71. The maximum atomic E-state index is 10.5. The minimum atomic E-state index is -0.529. The molecule has 1 aromatic heterocycles. The molecule has 0 atom stereocenters. The van der Waals surface area contributed by atoms with E-state index in [4.69, 9.17) is 5.11 Å². The quantitative estimate of drug-likeness (QED) is 0.479. The highest BCUT2D eigenvalue weighted by atomic mass is 16.3. The summed E-state index contributed by atoms with van der Waals surface area (Å²) in [5.74, 6) is -0.430. The van der Waals surface area contributed by atoms with Crippen molar-refractivity contribution < 1.29 is 9.90 Å². The van der Waals surface area contributed by atoms with Gasteiger partial charge in [0.25, 0.3) is 5.56 Å². The summed E-state index contributed by atoms with van der Waals surface area (Å²) in [6, 6.07) is 0.916. The number of aromatic amines is 1. The Labute approximate surface area is 60.9 Å². The van der Waals surface area contributed by atoms with Gasteiger partial charge in [0.05, 0.1) is 6.07 Å². The molecule has 6 heteroatoms. The fourth-order valence-corrected chi connectivity index (χ4v) is 0.555. The number of amides is 1. The number of nitrogens with zero attached hydrogens (tertiary/aromatic N) is 1. The number of anilines is 1. The van der Waals surface area contributed by atoms with E-state index in [0.29, 0.717) is 6.41 Å². The number of hydrogen-bond donors (Lipinski definition) is 3. The highest BCUT2D eigenvalue weighted by Crippen LogP contribution is 2.13. The van der Waals surface area contributed by atoms with Crippen molar-refractivity contribution in [1.82, 2.24) is 10.2 Å². The molecular weight excluding hydrogens is 150 g/mol. The number of rotatable bonds is 2. The van der Waals surface area contributed by atoms with Gasteiger partial charge in [0.2, 0.25) is 6.41 Å². The van der Waals surface area contributed by atoms with Gasteiger partial charge >= 0.3 is 0 Å². The first-order chi connectivity index (χ1) is 5.24. The first-order valence-corrected chi connectivity index (χ1v) is 2.73. The first kappa shape index (κ1) is 7.26. The molecule has 0 saturated heterocycles. The minimum Gasteiger partial charge on any atom is -0.504 e. The second-order valence-electron chi connectivity index (χ2n) is 1.73. The van der Waals surface area contributed by atoms with Crippen LogP contribution in [0.4, 0.5) is 5.82 Å². The van der Waals surface area contributed by atoms with E-state index in [0.717, 1.165) is 6.07 Å². The summed E-state index contributed by atoms with van der Waals surface area (Å²) in [7, 11) is 0. The van der Waals surface area contributed by atoms with Crippen molar-refractivity contribution in [3.05, 3.63) is 16.4 Å². The molecule has 6 nitrogen and oxygen atoms in total. The molecule has 58 valence electrons. The van der Waals surface area contributed by atoms with E-state index >= 15 is 0 Å². The predicted octanol–water partition coefficient (Wildman–Crippen LogP) is -0.956. The number of aromatic hydroxyl groups is 1. The number of carbonyl (C=O) groups is 1. The lowest BCUT2D eigenvalue weighted by atomic mass is 10.5. The Morgan fingerprint density at radius 1 is 1.73 bits per heavy atom. The molecule has 0 bridgehead atoms. The molecule has 1 amide bonds. The number of aromatic nitrogens is 2. The van der Waals surface area contributed by atoms with Gasteiger partial charge in [-0.1, -0.05) is 0 Å². The molecule has 3 N–H and O–H groups in total. The van der Waals surface area contributed by atoms with Crippen molar-refractivity contribution in [3.63, 3.8) is 0 Å². The smallest absolute Gasteiger partial charge is 0.268 e. The molecule has 1 rings (SSSR count). The molecule has 0 spiro atoms. The topological polar surface area (TPSA) is 95.1 Å². The number of nitrogens with one attached hydrogen (secondary N) is 2. The number of carbonyl (C=O) groups excluding carboxylic acids is 1. The average molecular weight is 155 g/mol. The van der Waals surface area contributed by atoms with Crippen LogP contribution in [0.1, 0.15) is 0 Å². The zero-order valence-electron chi connectivity index (χ0n) is 5.37. The zero-order chi connectivity index (χ0) is 8.27. The third-order valence-electron chi connectivity index (χ3n) is 0.984. The third kappa shape index (κ3) is 1.54. The summed E-state index contributed by atoms with van der Waals surface area (Å²) >= 11 is 0. The fourth-order valence-electron chi connectivity index (χ4n) is 0.555. The summed E-state index contributed by atoms with van der Waals surface area (Å²) in [6.45, 7) is 0. The summed E-state index contributed by atoms with van der Waals surface area (Å²) in [5, 5.41) is 16.4. The van der Waals surface area contributed by atoms with Crippen LogP contribution in [-0.2, 0) is 4.79 Å². The van der Waals surface area contributed by atoms with Gasteiger partial charge in [-0.25, -0.2) is 5.10 Å². The summed E-state index contributed by atoms with van der Waals surface area (Å²) in [5.41, 5.74) is -0.529. The van der Waals surface area contributed by atoms with Gasteiger partial charge in [-0.2, -0.15) is 5.10 Å². The Balaban J connectivity index is 3.08. The first-order valence-electron chi connectivity index (χ1n) is 2.73. The highest BCUT2D eigenvalue weighted by Gasteiger charge is 2.00. The maximum Gasteiger partial charge on any atom is 0.268 e. The van der Waals surface area contributed by atoms with Gasteiger partial charge in [-0.05, 0) is 0 Å². The maximum absolute atomic E-state index is 10.5. The zero-order valence-corrected chi connectivity index (χ0v) is 5.37. The van der Waals surface area contributed by atoms with E-state index in [2.05, 4.69) is 10.4 Å². The molecular formula is C5H5N3O3. The van der Waals surface area contributed by atoms with Crippen molar-refractivity contribution in [1.29, 1.82) is 0 Å². The van der Waals surface area contributed by atoms with Gasteiger partial charge in [0.15, 0.2) is 11.6 Å². The standard InChI is InChI=1S/C5H5N3O3/c9-2-6-5-3(10)1-4(11)7-8-5/h1-2H,(H,6,8,9)(H2,7,10,11). The lowest BCUT2D eigenvalue weighted by molar-refractivity contribution is -0.105. The molecule has 1 aromatic rings. The summed E-state index contributed by atoms with van der Waals surface area (Å²) in [4.78, 5) is 20.3. The van der Waals surface area contributed by atoms with E-state index in [1.54, 1.807) is 0 Å². The molecule has 1 heterocycles. The van der Waals surface area contributed by atoms with Crippen molar-refractivity contribution >= 4 is 12.2 Å². The molecule has 0 aliphatic heterocycles. The van der Waals surface area contributed by atoms with Crippen LogP contribution in [0.15, 0.2) is 10.9 Å². The van der Waals surface area contributed by atoms with Crippen LogP contribution in [-0.4, -0.2) is 21.7 Å². The molecule has 11 heavy (non-hydrogen) atoms. The van der Waals surface area contributed by atoms with Crippen LogP contribution in [0.2, 0.25) is 0 Å². The fraction of sp³-hybridized carbons (Fsp3) is 0. The lowest BCUT2D eigenvalue weighted by Gasteiger charge is -1.96. The average Bonchev–Trinajstić information content (AvgIpc) is 1.95. The largest absolute Gasteiger partial charge is 0.504 e. The van der Waals surface area contributed by atoms with Gasteiger partial charge in [0, 0.05) is 0 Å². The van der Waals surface area contributed by atoms with Gasteiger partial charge < -0.3 is 10.4 Å². The van der Waals surface area contributed by atoms with Crippen molar-refractivity contribution in [3.8, 4) is 5.75 Å². The summed E-state index contributed by atoms with van der Waals surface area (Å²) in [6.07, 6.45) is 0.348. The number of H-pyrrole nitrogens is 1. The van der Waals surface area contributed by atoms with Gasteiger partial charge in [-0.3, -0.25) is 9.59 Å². The molecule has 0 radical (unpaired) electrons. The number of hydrogen-bond acceptors (Lipinski definition) is 4. The predicted molar refractivity (Wildman–Crippen MR) is 36.2 cm³/mol. The van der Waals surface area contributed by atoms with E-state index in [-0.39, 0.29) is 11.6 Å². The Bertz CT molecular complexity index is 319. The Kier molecular flexibility index (Phi) is 1.86.